The van der Waals surface area contributed by atoms with Crippen LogP contribution in [0.15, 0.2) is 248 Å². The molecule has 0 saturated carbocycles. The maximum Gasteiger partial charge on any atom is 0.193 e. The summed E-state index contributed by atoms with van der Waals surface area (Å²) in [5.41, 5.74) is 8.55. The minimum absolute atomic E-state index is 0.101. The second-order valence-electron chi connectivity index (χ2n) is 16.0. The van der Waals surface area contributed by atoms with Crippen LogP contribution in [0.25, 0.3) is 44.5 Å². The highest BCUT2D eigenvalue weighted by Gasteiger charge is 2.17. The Morgan fingerprint density at radius 1 is 0.318 bits per heavy atom. The number of carbonyl (C=O) groups is 1. The van der Waals surface area contributed by atoms with Gasteiger partial charge in [0.1, 0.15) is 46.0 Å². The Kier molecular flexibility index (Phi) is 12.1. The minimum atomic E-state index is -0.101. The fourth-order valence-corrected chi connectivity index (χ4v) is 7.90. The molecule has 9 aromatic carbocycles. The minimum Gasteiger partial charge on any atom is -0.462 e. The molecule has 0 unspecified atom stereocenters. The van der Waals surface area contributed by atoms with Gasteiger partial charge in [-0.3, -0.25) is 4.79 Å². The first-order chi connectivity index (χ1) is 32.5. The summed E-state index contributed by atoms with van der Waals surface area (Å²) in [7, 11) is 0. The normalized spacial score (nSPS) is 11.9. The van der Waals surface area contributed by atoms with Crippen molar-refractivity contribution >= 4 is 5.78 Å². The summed E-state index contributed by atoms with van der Waals surface area (Å²) in [5, 5.41) is 0. The van der Waals surface area contributed by atoms with Gasteiger partial charge in [-0.2, -0.15) is 0 Å². The highest BCUT2D eigenvalue weighted by Crippen LogP contribution is 2.36. The van der Waals surface area contributed by atoms with Gasteiger partial charge >= 0.3 is 0 Å². The Morgan fingerprint density at radius 2 is 0.621 bits per heavy atom. The number of rotatable bonds is 14. The smallest absolute Gasteiger partial charge is 0.193 e. The number of ketones is 1. The molecule has 0 aromatic heterocycles. The van der Waals surface area contributed by atoms with Gasteiger partial charge in [-0.15, -0.1) is 0 Å². The number of allylic oxidation sites excluding steroid dienone is 4. The van der Waals surface area contributed by atoms with Gasteiger partial charge in [-0.25, -0.2) is 0 Å². The van der Waals surface area contributed by atoms with Crippen molar-refractivity contribution in [1.29, 1.82) is 0 Å². The van der Waals surface area contributed by atoms with E-state index in [1.165, 1.54) is 0 Å². The van der Waals surface area contributed by atoms with Gasteiger partial charge in [0.15, 0.2) is 5.78 Å². The number of hydrogen-bond acceptors (Lipinski definition) is 5. The quantitative estimate of drug-likeness (QED) is 0.102. The lowest BCUT2D eigenvalue weighted by Crippen LogP contribution is -2.03. The van der Waals surface area contributed by atoms with Crippen LogP contribution >= 0.6 is 0 Å². The molecule has 0 saturated heterocycles. The Labute approximate surface area is 385 Å². The van der Waals surface area contributed by atoms with Gasteiger partial charge in [-0.05, 0) is 178 Å². The third kappa shape index (κ3) is 10.1. The SMILES string of the molecule is O=C(c1cc(-c2ccc(OC3=CC=CCC3)cc2)cc(-c2ccc(Oc3ccccc3)cc2)c1)c1cc(-c2ccc(Oc3ccccc3)cc2)cc(-c2ccc(Oc3ccccc3)cc2)c1. The molecule has 0 bridgehead atoms. The number of hydrogen-bond donors (Lipinski definition) is 0. The molecule has 0 spiro atoms. The Hall–Kier alpha value is -8.67. The van der Waals surface area contributed by atoms with Crippen molar-refractivity contribution < 1.29 is 23.7 Å². The molecule has 9 aromatic rings. The summed E-state index contributed by atoms with van der Waals surface area (Å²) in [5.74, 6) is 6.05. The molecule has 5 nitrogen and oxygen atoms in total. The molecule has 1 aliphatic carbocycles. The molecule has 66 heavy (non-hydrogen) atoms. The fraction of sp³-hybridized carbons (Fsp3) is 0.0328. The lowest BCUT2D eigenvalue weighted by Gasteiger charge is -2.15. The van der Waals surface area contributed by atoms with Crippen LogP contribution < -0.4 is 18.9 Å². The molecule has 1 aliphatic rings. The number of ether oxygens (including phenoxy) is 4. The van der Waals surface area contributed by atoms with Crippen molar-refractivity contribution in [1.82, 2.24) is 0 Å². The molecule has 0 aliphatic heterocycles. The standard InChI is InChI=1S/C61H44O5/c62-61(51-39-47(43-21-29-57(30-22-43)63-53-13-5-1-6-14-53)37-48(40-51)44-23-31-58(32-24-44)64-54-15-7-2-8-16-54)52-41-49(45-25-33-59(34-26-45)65-55-17-9-3-10-18-55)38-50(42-52)46-27-35-60(36-28-46)66-56-19-11-4-12-20-56/h1-11,13-19,21-42H,12,20H2. The average Bonchev–Trinajstić information content (AvgIpc) is 3.38. The van der Waals surface area contributed by atoms with Gasteiger partial charge in [-0.1, -0.05) is 115 Å². The Morgan fingerprint density at radius 3 is 0.924 bits per heavy atom. The van der Waals surface area contributed by atoms with Crippen molar-refractivity contribution in [2.75, 3.05) is 0 Å². The summed E-state index contributed by atoms with van der Waals surface area (Å²) < 4.78 is 24.6. The highest BCUT2D eigenvalue weighted by molar-refractivity contribution is 6.11. The van der Waals surface area contributed by atoms with Crippen LogP contribution in [0.4, 0.5) is 0 Å². The molecular formula is C61H44O5. The van der Waals surface area contributed by atoms with E-state index >= 15 is 4.79 Å². The van der Waals surface area contributed by atoms with Crippen molar-refractivity contribution in [3.63, 3.8) is 0 Å². The topological polar surface area (TPSA) is 54.0 Å². The number of benzene rings is 9. The zero-order chi connectivity index (χ0) is 44.5. The lowest BCUT2D eigenvalue weighted by molar-refractivity contribution is 0.103. The maximum atomic E-state index is 15.1. The molecule has 5 heteroatoms. The number of carbonyl (C=O) groups excluding carboxylic acids is 1. The van der Waals surface area contributed by atoms with Gasteiger partial charge in [0.2, 0.25) is 0 Å². The van der Waals surface area contributed by atoms with Gasteiger partial charge in [0.05, 0.1) is 0 Å². The predicted octanol–water partition coefficient (Wildman–Crippen LogP) is 16.6. The van der Waals surface area contributed by atoms with Crippen LogP contribution in [-0.2, 0) is 0 Å². The third-order valence-electron chi connectivity index (χ3n) is 11.3. The van der Waals surface area contributed by atoms with Gasteiger partial charge in [0.25, 0.3) is 0 Å². The second kappa shape index (κ2) is 19.4. The van der Waals surface area contributed by atoms with Crippen LogP contribution in [0.1, 0.15) is 28.8 Å². The second-order valence-corrected chi connectivity index (χ2v) is 16.0. The molecule has 318 valence electrons. The Balaban J connectivity index is 1.02. The van der Waals surface area contributed by atoms with Crippen molar-refractivity contribution in [3.05, 3.63) is 260 Å². The highest BCUT2D eigenvalue weighted by atomic mass is 16.5. The number of para-hydroxylation sites is 3. The van der Waals surface area contributed by atoms with E-state index in [-0.39, 0.29) is 5.78 Å². The van der Waals surface area contributed by atoms with Crippen LogP contribution in [-0.4, -0.2) is 5.78 Å². The van der Waals surface area contributed by atoms with E-state index in [0.717, 1.165) is 103 Å². The molecule has 0 amide bonds. The van der Waals surface area contributed by atoms with Crippen LogP contribution in [0, 0.1) is 0 Å². The van der Waals surface area contributed by atoms with Gasteiger partial charge in [0, 0.05) is 17.5 Å². The van der Waals surface area contributed by atoms with Crippen LogP contribution in [0.5, 0.6) is 40.2 Å². The fourth-order valence-electron chi connectivity index (χ4n) is 7.90. The van der Waals surface area contributed by atoms with Crippen molar-refractivity contribution in [3.8, 4) is 84.8 Å². The van der Waals surface area contributed by atoms with E-state index < -0.39 is 0 Å². The lowest BCUT2D eigenvalue weighted by atomic mass is 9.90. The predicted molar refractivity (Wildman–Crippen MR) is 265 cm³/mol. The summed E-state index contributed by atoms with van der Waals surface area (Å²) in [6.45, 7) is 0. The van der Waals surface area contributed by atoms with E-state index in [2.05, 4.69) is 18.2 Å². The van der Waals surface area contributed by atoms with E-state index in [4.69, 9.17) is 18.9 Å². The first-order valence-electron chi connectivity index (χ1n) is 22.0. The first-order valence-corrected chi connectivity index (χ1v) is 22.0. The summed E-state index contributed by atoms with van der Waals surface area (Å²) in [4.78, 5) is 15.1. The molecular weight excluding hydrogens is 813 g/mol. The molecule has 10 rings (SSSR count). The zero-order valence-corrected chi connectivity index (χ0v) is 36.0. The van der Waals surface area contributed by atoms with E-state index in [9.17, 15) is 0 Å². The van der Waals surface area contributed by atoms with Crippen molar-refractivity contribution in [2.24, 2.45) is 0 Å². The summed E-state index contributed by atoms with van der Waals surface area (Å²) in [6, 6.07) is 73.3. The van der Waals surface area contributed by atoms with Crippen LogP contribution in [0.2, 0.25) is 0 Å². The molecule has 0 N–H and O–H groups in total. The van der Waals surface area contributed by atoms with Gasteiger partial charge < -0.3 is 18.9 Å². The zero-order valence-electron chi connectivity index (χ0n) is 36.0. The third-order valence-corrected chi connectivity index (χ3v) is 11.3. The Bertz CT molecular complexity index is 3040. The summed E-state index contributed by atoms with van der Waals surface area (Å²) >= 11 is 0. The largest absolute Gasteiger partial charge is 0.462 e. The molecule has 0 atom stereocenters. The average molecular weight is 857 g/mol. The first kappa shape index (κ1) is 41.3. The summed E-state index contributed by atoms with van der Waals surface area (Å²) in [6.07, 6.45) is 8.02. The monoisotopic (exact) mass is 856 g/mol. The molecule has 0 heterocycles. The van der Waals surface area contributed by atoms with E-state index in [1.54, 1.807) is 0 Å². The molecule has 0 fully saturated rings. The van der Waals surface area contributed by atoms with E-state index in [1.807, 2.05) is 224 Å². The van der Waals surface area contributed by atoms with E-state index in [0.29, 0.717) is 11.1 Å². The molecule has 0 radical (unpaired) electrons. The maximum absolute atomic E-state index is 15.1. The van der Waals surface area contributed by atoms with Crippen LogP contribution in [0.3, 0.4) is 0 Å². The van der Waals surface area contributed by atoms with Crippen molar-refractivity contribution in [2.45, 2.75) is 12.8 Å².